The Kier molecular flexibility index (Phi) is 6.09. The van der Waals surface area contributed by atoms with Gasteiger partial charge in [0.25, 0.3) is 0 Å². The SMILES string of the molecule is C[C@H](NC(=O)NCc1ccnc(N2CCN(C)CC2)c1)[C@@H]1CCCO1. The average molecular weight is 347 g/mol. The Balaban J connectivity index is 1.47. The molecule has 7 nitrogen and oxygen atoms in total. The quantitative estimate of drug-likeness (QED) is 0.838. The van der Waals surface area contributed by atoms with E-state index in [1.165, 1.54) is 0 Å². The first kappa shape index (κ1) is 17.9. The summed E-state index contributed by atoms with van der Waals surface area (Å²) in [6.07, 6.45) is 4.04. The highest BCUT2D eigenvalue weighted by Gasteiger charge is 2.23. The van der Waals surface area contributed by atoms with Crippen molar-refractivity contribution in [3.05, 3.63) is 23.9 Å². The molecule has 2 atom stereocenters. The van der Waals surface area contributed by atoms with Gasteiger partial charge in [0.2, 0.25) is 0 Å². The molecule has 2 fully saturated rings. The molecule has 0 saturated carbocycles. The highest BCUT2D eigenvalue weighted by molar-refractivity contribution is 5.74. The van der Waals surface area contributed by atoms with Crippen LogP contribution in [0.3, 0.4) is 0 Å². The van der Waals surface area contributed by atoms with Crippen molar-refractivity contribution in [3.8, 4) is 0 Å². The van der Waals surface area contributed by atoms with Crippen LogP contribution in [0.5, 0.6) is 0 Å². The van der Waals surface area contributed by atoms with Crippen molar-refractivity contribution in [2.45, 2.75) is 38.5 Å². The third-order valence-corrected chi connectivity index (χ3v) is 4.97. The van der Waals surface area contributed by atoms with Crippen molar-refractivity contribution in [3.63, 3.8) is 0 Å². The van der Waals surface area contributed by atoms with Gasteiger partial charge in [-0.25, -0.2) is 9.78 Å². The van der Waals surface area contributed by atoms with Crippen LogP contribution < -0.4 is 15.5 Å². The van der Waals surface area contributed by atoms with E-state index in [1.807, 2.05) is 19.2 Å². The van der Waals surface area contributed by atoms with E-state index in [0.717, 1.165) is 57.0 Å². The second kappa shape index (κ2) is 8.49. The van der Waals surface area contributed by atoms with Crippen LogP contribution in [0.2, 0.25) is 0 Å². The molecule has 3 rings (SSSR count). The van der Waals surface area contributed by atoms with Gasteiger partial charge < -0.3 is 25.2 Å². The predicted octanol–water partition coefficient (Wildman–Crippen LogP) is 1.20. The van der Waals surface area contributed by atoms with E-state index in [9.17, 15) is 4.79 Å². The number of carbonyl (C=O) groups is 1. The summed E-state index contributed by atoms with van der Waals surface area (Å²) in [5.41, 5.74) is 1.06. The van der Waals surface area contributed by atoms with Crippen LogP contribution >= 0.6 is 0 Å². The van der Waals surface area contributed by atoms with Crippen LogP contribution in [-0.2, 0) is 11.3 Å². The molecular formula is C18H29N5O2. The van der Waals surface area contributed by atoms with Crippen LogP contribution in [0.1, 0.15) is 25.3 Å². The van der Waals surface area contributed by atoms with Crippen molar-refractivity contribution in [1.29, 1.82) is 0 Å². The Morgan fingerprint density at radius 3 is 2.92 bits per heavy atom. The Morgan fingerprint density at radius 1 is 1.40 bits per heavy atom. The Labute approximate surface area is 149 Å². The number of anilines is 1. The second-order valence-electron chi connectivity index (χ2n) is 6.98. The lowest BCUT2D eigenvalue weighted by molar-refractivity contribution is 0.0860. The number of carbonyl (C=O) groups excluding carboxylic acids is 1. The molecule has 2 aliphatic heterocycles. The summed E-state index contributed by atoms with van der Waals surface area (Å²) in [5.74, 6) is 0.987. The summed E-state index contributed by atoms with van der Waals surface area (Å²) in [6, 6.07) is 3.89. The topological polar surface area (TPSA) is 69.7 Å². The van der Waals surface area contributed by atoms with Crippen LogP contribution in [0.4, 0.5) is 10.6 Å². The van der Waals surface area contributed by atoms with Gasteiger partial charge in [-0.2, -0.15) is 0 Å². The van der Waals surface area contributed by atoms with Gasteiger partial charge in [0, 0.05) is 45.5 Å². The van der Waals surface area contributed by atoms with Crippen LogP contribution in [-0.4, -0.2) is 67.9 Å². The molecule has 7 heteroatoms. The van der Waals surface area contributed by atoms with E-state index < -0.39 is 0 Å². The lowest BCUT2D eigenvalue weighted by Gasteiger charge is -2.33. The molecule has 2 amide bonds. The minimum absolute atomic E-state index is 0.0286. The molecule has 2 aliphatic rings. The van der Waals surface area contributed by atoms with Gasteiger partial charge in [-0.1, -0.05) is 0 Å². The molecule has 1 aromatic rings. The van der Waals surface area contributed by atoms with Gasteiger partial charge in [-0.3, -0.25) is 0 Å². The molecule has 2 saturated heterocycles. The molecule has 0 spiro atoms. The summed E-state index contributed by atoms with van der Waals surface area (Å²) in [5, 5.41) is 5.90. The summed E-state index contributed by atoms with van der Waals surface area (Å²) in [6.45, 7) is 7.35. The van der Waals surface area contributed by atoms with Gasteiger partial charge >= 0.3 is 6.03 Å². The maximum atomic E-state index is 12.1. The van der Waals surface area contributed by atoms with Crippen molar-refractivity contribution in [2.24, 2.45) is 0 Å². The number of rotatable bonds is 5. The van der Waals surface area contributed by atoms with Gasteiger partial charge in [-0.15, -0.1) is 0 Å². The third kappa shape index (κ3) is 5.06. The number of pyridine rings is 1. The maximum Gasteiger partial charge on any atom is 0.315 e. The van der Waals surface area contributed by atoms with Crippen LogP contribution in [0.25, 0.3) is 0 Å². The first-order chi connectivity index (χ1) is 12.1. The van der Waals surface area contributed by atoms with E-state index in [0.29, 0.717) is 6.54 Å². The molecule has 0 radical (unpaired) electrons. The molecule has 0 bridgehead atoms. The average Bonchev–Trinajstić information content (AvgIpc) is 3.16. The predicted molar refractivity (Wildman–Crippen MR) is 97.8 cm³/mol. The first-order valence-electron chi connectivity index (χ1n) is 9.16. The third-order valence-electron chi connectivity index (χ3n) is 4.97. The Bertz CT molecular complexity index is 568. The number of aromatic nitrogens is 1. The summed E-state index contributed by atoms with van der Waals surface area (Å²) >= 11 is 0. The Hall–Kier alpha value is -1.86. The van der Waals surface area contributed by atoms with Crippen LogP contribution in [0.15, 0.2) is 18.3 Å². The van der Waals surface area contributed by atoms with Gasteiger partial charge in [0.05, 0.1) is 12.1 Å². The highest BCUT2D eigenvalue weighted by atomic mass is 16.5. The van der Waals surface area contributed by atoms with E-state index in [4.69, 9.17) is 4.74 Å². The molecule has 25 heavy (non-hydrogen) atoms. The zero-order valence-electron chi connectivity index (χ0n) is 15.2. The van der Waals surface area contributed by atoms with E-state index in [2.05, 4.69) is 38.5 Å². The molecule has 0 aliphatic carbocycles. The minimum atomic E-state index is -0.152. The summed E-state index contributed by atoms with van der Waals surface area (Å²) in [7, 11) is 2.14. The lowest BCUT2D eigenvalue weighted by Crippen LogP contribution is -2.45. The standard InChI is InChI=1S/C18H29N5O2/c1-14(16-4-3-11-25-16)21-18(24)20-13-15-5-6-19-17(12-15)23-9-7-22(2)8-10-23/h5-6,12,14,16H,3-4,7-11,13H2,1-2H3,(H2,20,21,24)/t14-,16-/m0/s1. The van der Waals surface area contributed by atoms with Crippen LogP contribution in [0, 0.1) is 0 Å². The fraction of sp³-hybridized carbons (Fsp3) is 0.667. The molecule has 0 unspecified atom stereocenters. The number of ether oxygens (including phenoxy) is 1. The number of amides is 2. The largest absolute Gasteiger partial charge is 0.376 e. The number of hydrogen-bond donors (Lipinski definition) is 2. The number of nitrogens with one attached hydrogen (secondary N) is 2. The summed E-state index contributed by atoms with van der Waals surface area (Å²) in [4.78, 5) is 21.2. The van der Waals surface area contributed by atoms with E-state index >= 15 is 0 Å². The molecule has 1 aromatic heterocycles. The Morgan fingerprint density at radius 2 is 2.20 bits per heavy atom. The van der Waals surface area contributed by atoms with Crippen molar-refractivity contribution in [1.82, 2.24) is 20.5 Å². The lowest BCUT2D eigenvalue weighted by atomic mass is 10.1. The first-order valence-corrected chi connectivity index (χ1v) is 9.16. The van der Waals surface area contributed by atoms with E-state index in [-0.39, 0.29) is 18.2 Å². The number of urea groups is 1. The molecular weight excluding hydrogens is 318 g/mol. The normalized spacial score (nSPS) is 22.6. The van der Waals surface area contributed by atoms with Gasteiger partial charge in [-0.05, 0) is 44.5 Å². The monoisotopic (exact) mass is 347 g/mol. The number of piperazine rings is 1. The molecule has 138 valence electrons. The molecule has 3 heterocycles. The zero-order chi connectivity index (χ0) is 17.6. The molecule has 2 N–H and O–H groups in total. The van der Waals surface area contributed by atoms with Crippen molar-refractivity contribution in [2.75, 3.05) is 44.7 Å². The van der Waals surface area contributed by atoms with Crippen molar-refractivity contribution < 1.29 is 9.53 Å². The fourth-order valence-corrected chi connectivity index (χ4v) is 3.31. The zero-order valence-corrected chi connectivity index (χ0v) is 15.2. The minimum Gasteiger partial charge on any atom is -0.376 e. The maximum absolute atomic E-state index is 12.1. The second-order valence-corrected chi connectivity index (χ2v) is 6.98. The highest BCUT2D eigenvalue weighted by Crippen LogP contribution is 2.16. The fourth-order valence-electron chi connectivity index (χ4n) is 3.31. The molecule has 0 aromatic carbocycles. The number of likely N-dealkylation sites (N-methyl/N-ethyl adjacent to an activating group) is 1. The number of hydrogen-bond acceptors (Lipinski definition) is 5. The van der Waals surface area contributed by atoms with Gasteiger partial charge in [0.15, 0.2) is 0 Å². The smallest absolute Gasteiger partial charge is 0.315 e. The van der Waals surface area contributed by atoms with Crippen molar-refractivity contribution >= 4 is 11.8 Å². The summed E-state index contributed by atoms with van der Waals surface area (Å²) < 4.78 is 5.61. The van der Waals surface area contributed by atoms with Gasteiger partial charge in [0.1, 0.15) is 5.82 Å². The number of nitrogens with zero attached hydrogens (tertiary/aromatic N) is 3. The van der Waals surface area contributed by atoms with E-state index in [1.54, 1.807) is 0 Å².